The molecule has 83 heavy (non-hydrogen) atoms. The minimum atomic E-state index is -1.98. The molecule has 0 aliphatic carbocycles. The van der Waals surface area contributed by atoms with Crippen molar-refractivity contribution in [2.24, 2.45) is 46.6 Å². The number of benzene rings is 1. The number of nitrogens with one attached hydrogen (secondary N) is 1. The first kappa shape index (κ1) is 69.9. The molecule has 0 aromatic heterocycles. The van der Waals surface area contributed by atoms with Crippen LogP contribution in [0.2, 0.25) is 0 Å². The lowest BCUT2D eigenvalue weighted by Gasteiger charge is -2.45. The molecule has 1 amide bonds. The number of oxime groups is 1. The second kappa shape index (κ2) is 31.1. The number of alkyl carbamates (subject to hydrolysis) is 1. The van der Waals surface area contributed by atoms with Crippen molar-refractivity contribution in [1.82, 2.24) is 10.2 Å². The van der Waals surface area contributed by atoms with Crippen molar-refractivity contribution in [1.29, 1.82) is 0 Å². The molecule has 0 radical (unpaired) electrons. The second-order valence-corrected chi connectivity index (χ2v) is 25.3. The van der Waals surface area contributed by atoms with E-state index in [1.165, 1.54) is 28.3 Å². The fraction of sp³-hybridized carbons (Fsp3) is 0.820. The van der Waals surface area contributed by atoms with Crippen molar-refractivity contribution < 1.29 is 91.4 Å². The van der Waals surface area contributed by atoms with Gasteiger partial charge in [0.25, 0.3) is 0 Å². The van der Waals surface area contributed by atoms with E-state index in [0.717, 1.165) is 5.56 Å². The van der Waals surface area contributed by atoms with Crippen molar-refractivity contribution in [3.8, 4) is 0 Å². The van der Waals surface area contributed by atoms with Crippen molar-refractivity contribution in [2.75, 3.05) is 41.0 Å². The molecule has 0 bridgehead atoms. The van der Waals surface area contributed by atoms with Gasteiger partial charge in [-0.25, -0.2) is 4.79 Å². The Balaban J connectivity index is 1.71. The van der Waals surface area contributed by atoms with Crippen LogP contribution in [0.3, 0.4) is 0 Å². The summed E-state index contributed by atoms with van der Waals surface area (Å²) in [5.41, 5.74) is -1.95. The average molecular weight is 1180 g/mol. The Hall–Kier alpha value is -3.91. The number of carbonyl (C=O) groups excluding carboxylic acids is 4. The van der Waals surface area contributed by atoms with Crippen molar-refractivity contribution in [2.45, 2.75) is 239 Å². The van der Waals surface area contributed by atoms with Crippen molar-refractivity contribution in [3.05, 3.63) is 35.9 Å². The zero-order valence-electron chi connectivity index (χ0n) is 52.5. The highest BCUT2D eigenvalue weighted by atomic mass is 16.7. The Bertz CT molecular complexity index is 2240. The third-order valence-corrected chi connectivity index (χ3v) is 16.6. The van der Waals surface area contributed by atoms with E-state index in [9.17, 15) is 24.9 Å². The van der Waals surface area contributed by atoms with Gasteiger partial charge >= 0.3 is 18.0 Å². The number of ether oxygens (including phenoxy) is 11. The fourth-order valence-electron chi connectivity index (χ4n) is 12.4. The highest BCUT2D eigenvalue weighted by Gasteiger charge is 2.53. The predicted octanol–water partition coefficient (Wildman–Crippen LogP) is 6.35. The minimum Gasteiger partial charge on any atom is -0.461 e. The van der Waals surface area contributed by atoms with Crippen LogP contribution in [0.4, 0.5) is 4.79 Å². The molecule has 0 unspecified atom stereocenters. The molecule has 22 atom stereocenters. The van der Waals surface area contributed by atoms with E-state index < -0.39 is 157 Å². The molecule has 5 rings (SSSR count). The molecule has 1 aromatic carbocycles. The van der Waals surface area contributed by atoms with Gasteiger partial charge in [-0.2, -0.15) is 0 Å². The van der Waals surface area contributed by atoms with E-state index in [1.54, 1.807) is 55.4 Å². The zero-order chi connectivity index (χ0) is 61.8. The molecule has 4 fully saturated rings. The number of methoxy groups -OCH3 is 2. The van der Waals surface area contributed by atoms with Crippen molar-refractivity contribution in [3.63, 3.8) is 0 Å². The van der Waals surface area contributed by atoms with E-state index in [1.807, 2.05) is 71.9 Å². The molecule has 0 saturated carbocycles. The Morgan fingerprint density at radius 1 is 0.831 bits per heavy atom. The zero-order valence-corrected chi connectivity index (χ0v) is 52.5. The van der Waals surface area contributed by atoms with E-state index in [4.69, 9.17) is 56.9 Å². The summed E-state index contributed by atoms with van der Waals surface area (Å²) in [5, 5.41) is 40.7. The quantitative estimate of drug-likeness (QED) is 0.0668. The Morgan fingerprint density at radius 3 is 2.11 bits per heavy atom. The smallest absolute Gasteiger partial charge is 0.408 e. The number of β-amino-alcohol motifs (C(OH)–C–C–N with tert-alkyl or cyclic N) is 1. The van der Waals surface area contributed by atoms with Crippen LogP contribution < -0.4 is 5.32 Å². The van der Waals surface area contributed by atoms with E-state index >= 15 is 9.59 Å². The van der Waals surface area contributed by atoms with Crippen LogP contribution in [0.1, 0.15) is 135 Å². The molecule has 474 valence electrons. The predicted molar refractivity (Wildman–Crippen MR) is 305 cm³/mol. The molecule has 4 saturated heterocycles. The minimum absolute atomic E-state index is 0.00443. The summed E-state index contributed by atoms with van der Waals surface area (Å²) in [7, 11) is 4.27. The molecular weight excluding hydrogens is 1080 g/mol. The van der Waals surface area contributed by atoms with Gasteiger partial charge in [-0.1, -0.05) is 84.0 Å². The summed E-state index contributed by atoms with van der Waals surface area (Å²) in [6.45, 7) is 27.4. The largest absolute Gasteiger partial charge is 0.461 e. The lowest BCUT2D eigenvalue weighted by atomic mass is 9.74. The van der Waals surface area contributed by atoms with E-state index in [2.05, 4.69) is 15.4 Å². The number of cyclic esters (lactones) is 1. The molecule has 4 aliphatic heterocycles. The maximum absolute atomic E-state index is 15.9. The molecular formula is C61H101N3O19. The lowest BCUT2D eigenvalue weighted by molar-refractivity contribution is -0.305. The highest BCUT2D eigenvalue weighted by molar-refractivity contribution is 5.91. The Morgan fingerprint density at radius 2 is 1.49 bits per heavy atom. The number of amides is 1. The average Bonchev–Trinajstić information content (AvgIpc) is 3.21. The maximum Gasteiger partial charge on any atom is 0.408 e. The molecule has 1 aromatic rings. The standard InChI is InChI=1S/C61H101N3O19/c1-32(2)24-45(65)79-51-39(9)50(34(4)30-75-58-54(73-17)53(72-16)47(66)42(12)78-58)81-56(69)41(11)52(80-46-25-35(5)64(29-37(7)76-46)31-60(13,14)71)38(8)49(82-57-48(67)44(63-74-18)26-36(6)77-57)33(3)27-61(15,55(68)40(51)10)83-59(70)62-28-43-22-20-19-21-23-43/h19-23,32-42,46-54,57-58,66-67,71H,24-31H2,1-18H3,(H,62,70)/t33-,34-,35+,36+,37-,38+,39-,40+,41+,42+,46-,47+,48+,49-,50+,51+,52-,53+,54+,57-,58+,61-/m0/s1. The first-order valence-electron chi connectivity index (χ1n) is 29.7. The van der Waals surface area contributed by atoms with Crippen LogP contribution in [0.15, 0.2) is 35.5 Å². The van der Waals surface area contributed by atoms with Crippen LogP contribution in [0.5, 0.6) is 0 Å². The topological polar surface area (TPSA) is 267 Å². The van der Waals surface area contributed by atoms with Gasteiger partial charge in [0.2, 0.25) is 0 Å². The summed E-state index contributed by atoms with van der Waals surface area (Å²) in [6, 6.07) is 9.04. The van der Waals surface area contributed by atoms with Gasteiger partial charge in [-0.05, 0) is 79.2 Å². The normalized spacial score (nSPS) is 38.4. The third-order valence-electron chi connectivity index (χ3n) is 16.6. The monoisotopic (exact) mass is 1180 g/mol. The van der Waals surface area contributed by atoms with Gasteiger partial charge in [-0.15, -0.1) is 0 Å². The van der Waals surface area contributed by atoms with Gasteiger partial charge in [0.05, 0.1) is 60.3 Å². The summed E-state index contributed by atoms with van der Waals surface area (Å²) in [6.07, 6.45) is -14.2. The number of rotatable bonds is 19. The Labute approximate surface area is 492 Å². The van der Waals surface area contributed by atoms with Crippen LogP contribution in [-0.4, -0.2) is 194 Å². The van der Waals surface area contributed by atoms with Crippen LogP contribution in [0, 0.1) is 41.4 Å². The third kappa shape index (κ3) is 19.0. The van der Waals surface area contributed by atoms with E-state index in [0.29, 0.717) is 19.5 Å². The SMILES string of the molecule is CON=C1C[C@@H](C)O[C@@H](O[C@@H]2[C@@H](C)[C@H](O[C@H]3C[C@@H](C)N(CC(C)(C)O)C[C@H](C)O3)[C@@H](C)C(=O)O[C@H]([C@@H](C)CO[C@@H]3O[C@H](C)[C@@H](O)[C@@H](OC)[C@H]3OC)[C@H](C)[C@@H](OC(=O)CC(C)C)[C@@H](C)C(=O)[C@@](C)(OC(=O)NCc3ccccc3)C[C@@H]2C)[C@@H]1O. The number of esters is 2. The second-order valence-electron chi connectivity index (χ2n) is 25.3. The first-order chi connectivity index (χ1) is 38.9. The maximum atomic E-state index is 15.9. The van der Waals surface area contributed by atoms with Gasteiger partial charge < -0.3 is 77.6 Å². The van der Waals surface area contributed by atoms with Gasteiger partial charge in [0.1, 0.15) is 43.7 Å². The number of ketones is 1. The summed E-state index contributed by atoms with van der Waals surface area (Å²) >= 11 is 0. The number of aliphatic hydroxyl groups excluding tert-OH is 2. The summed E-state index contributed by atoms with van der Waals surface area (Å²) in [5.74, 6) is -7.65. The van der Waals surface area contributed by atoms with Crippen LogP contribution in [-0.2, 0) is 77.9 Å². The molecule has 4 heterocycles. The number of Topliss-reactive ketones (excluding diaryl/α,β-unsaturated/α-hetero) is 1. The number of hydrogen-bond acceptors (Lipinski definition) is 21. The molecule has 22 heteroatoms. The Kier molecular flexibility index (Phi) is 26.2. The van der Waals surface area contributed by atoms with Gasteiger partial charge in [0, 0.05) is 76.9 Å². The van der Waals surface area contributed by atoms with Crippen LogP contribution in [0.25, 0.3) is 0 Å². The molecule has 0 spiro atoms. The highest BCUT2D eigenvalue weighted by Crippen LogP contribution is 2.41. The summed E-state index contributed by atoms with van der Waals surface area (Å²) in [4.78, 5) is 67.0. The van der Waals surface area contributed by atoms with Crippen LogP contribution >= 0.6 is 0 Å². The number of aliphatic hydroxyl groups is 3. The molecule has 4 N–H and O–H groups in total. The number of carbonyl (C=O) groups is 4. The van der Waals surface area contributed by atoms with Gasteiger partial charge in [0.15, 0.2) is 30.3 Å². The lowest BCUT2D eigenvalue weighted by Crippen LogP contribution is -2.59. The molecule has 4 aliphatic rings. The number of hydrogen-bond donors (Lipinski definition) is 4. The first-order valence-corrected chi connectivity index (χ1v) is 29.7. The number of nitrogens with zero attached hydrogens (tertiary/aromatic N) is 2. The molecule has 22 nitrogen and oxygen atoms in total. The fourth-order valence-corrected chi connectivity index (χ4v) is 12.4. The van der Waals surface area contributed by atoms with Gasteiger partial charge in [-0.3, -0.25) is 19.3 Å². The van der Waals surface area contributed by atoms with Crippen molar-refractivity contribution >= 4 is 29.5 Å². The van der Waals surface area contributed by atoms with E-state index in [-0.39, 0.29) is 50.1 Å². The summed E-state index contributed by atoms with van der Waals surface area (Å²) < 4.78 is 70.7.